The summed E-state index contributed by atoms with van der Waals surface area (Å²) in [6, 6.07) is 0. The highest BCUT2D eigenvalue weighted by atomic mass is 16.5. The normalized spacial score (nSPS) is 26.0. The second-order valence-electron chi connectivity index (χ2n) is 4.22. The molecule has 0 spiro atoms. The maximum absolute atomic E-state index is 5.65. The second kappa shape index (κ2) is 4.28. The van der Waals surface area contributed by atoms with Crippen molar-refractivity contribution in [3.63, 3.8) is 0 Å². The van der Waals surface area contributed by atoms with Gasteiger partial charge in [-0.15, -0.1) is 10.2 Å². The molecule has 84 valence electrons. The summed E-state index contributed by atoms with van der Waals surface area (Å²) in [6.07, 6.45) is 2.26. The molecule has 2 heterocycles. The third-order valence-electron chi connectivity index (χ3n) is 2.64. The SMILES string of the molecule is Cc1nnc(CNCC2(C)CCCO2)o1. The van der Waals surface area contributed by atoms with Crippen molar-refractivity contribution in [1.29, 1.82) is 0 Å². The second-order valence-corrected chi connectivity index (χ2v) is 4.22. The highest BCUT2D eigenvalue weighted by Gasteiger charge is 2.29. The average Bonchev–Trinajstić information content (AvgIpc) is 2.76. The van der Waals surface area contributed by atoms with E-state index in [1.54, 1.807) is 6.92 Å². The van der Waals surface area contributed by atoms with Crippen molar-refractivity contribution in [2.24, 2.45) is 0 Å². The van der Waals surface area contributed by atoms with Crippen LogP contribution in [-0.2, 0) is 11.3 Å². The van der Waals surface area contributed by atoms with E-state index in [0.717, 1.165) is 26.0 Å². The Morgan fingerprint density at radius 3 is 2.93 bits per heavy atom. The van der Waals surface area contributed by atoms with Gasteiger partial charge in [0.2, 0.25) is 11.8 Å². The number of hydrogen-bond donors (Lipinski definition) is 1. The van der Waals surface area contributed by atoms with Gasteiger partial charge in [0.25, 0.3) is 0 Å². The lowest BCUT2D eigenvalue weighted by molar-refractivity contribution is 0.0203. The Labute approximate surface area is 89.2 Å². The van der Waals surface area contributed by atoms with Gasteiger partial charge in [-0.05, 0) is 19.8 Å². The van der Waals surface area contributed by atoms with Crippen molar-refractivity contribution >= 4 is 0 Å². The average molecular weight is 211 g/mol. The molecular formula is C10H17N3O2. The van der Waals surface area contributed by atoms with E-state index >= 15 is 0 Å². The van der Waals surface area contributed by atoms with E-state index in [1.807, 2.05) is 0 Å². The lowest BCUT2D eigenvalue weighted by Gasteiger charge is -2.22. The number of aryl methyl sites for hydroxylation is 1. The quantitative estimate of drug-likeness (QED) is 0.806. The van der Waals surface area contributed by atoms with E-state index in [0.29, 0.717) is 18.3 Å². The topological polar surface area (TPSA) is 60.2 Å². The van der Waals surface area contributed by atoms with Gasteiger partial charge < -0.3 is 14.5 Å². The molecule has 1 aromatic heterocycles. The van der Waals surface area contributed by atoms with Crippen molar-refractivity contribution < 1.29 is 9.15 Å². The first-order valence-corrected chi connectivity index (χ1v) is 5.32. The van der Waals surface area contributed by atoms with E-state index in [-0.39, 0.29) is 5.60 Å². The maximum Gasteiger partial charge on any atom is 0.230 e. The maximum atomic E-state index is 5.65. The molecular weight excluding hydrogens is 194 g/mol. The smallest absolute Gasteiger partial charge is 0.230 e. The molecule has 1 fully saturated rings. The Morgan fingerprint density at radius 2 is 2.33 bits per heavy atom. The van der Waals surface area contributed by atoms with Crippen LogP contribution < -0.4 is 5.32 Å². The van der Waals surface area contributed by atoms with Gasteiger partial charge in [0.15, 0.2) is 0 Å². The monoisotopic (exact) mass is 211 g/mol. The summed E-state index contributed by atoms with van der Waals surface area (Å²) >= 11 is 0. The lowest BCUT2D eigenvalue weighted by Crippen LogP contribution is -2.36. The van der Waals surface area contributed by atoms with Crippen LogP contribution in [0.2, 0.25) is 0 Å². The first kappa shape index (κ1) is 10.6. The zero-order valence-corrected chi connectivity index (χ0v) is 9.25. The number of rotatable bonds is 4. The van der Waals surface area contributed by atoms with Gasteiger partial charge in [-0.3, -0.25) is 0 Å². The highest BCUT2D eigenvalue weighted by Crippen LogP contribution is 2.23. The van der Waals surface area contributed by atoms with Crippen LogP contribution in [0.3, 0.4) is 0 Å². The Kier molecular flexibility index (Phi) is 3.02. The third-order valence-corrected chi connectivity index (χ3v) is 2.64. The van der Waals surface area contributed by atoms with E-state index in [2.05, 4.69) is 22.4 Å². The summed E-state index contributed by atoms with van der Waals surface area (Å²) < 4.78 is 10.9. The first-order chi connectivity index (χ1) is 7.18. The Bertz CT molecular complexity index is 318. The Balaban J connectivity index is 1.75. The van der Waals surface area contributed by atoms with Gasteiger partial charge >= 0.3 is 0 Å². The fourth-order valence-electron chi connectivity index (χ4n) is 1.82. The number of hydrogen-bond acceptors (Lipinski definition) is 5. The molecule has 1 aliphatic rings. The minimum Gasteiger partial charge on any atom is -0.424 e. The Morgan fingerprint density at radius 1 is 1.47 bits per heavy atom. The minimum absolute atomic E-state index is 0.0188. The molecule has 1 aliphatic heterocycles. The van der Waals surface area contributed by atoms with Crippen LogP contribution in [0.25, 0.3) is 0 Å². The molecule has 0 amide bonds. The fraction of sp³-hybridized carbons (Fsp3) is 0.800. The van der Waals surface area contributed by atoms with E-state index < -0.39 is 0 Å². The van der Waals surface area contributed by atoms with Crippen molar-refractivity contribution in [3.05, 3.63) is 11.8 Å². The molecule has 0 aromatic carbocycles. The molecule has 5 heteroatoms. The number of nitrogens with one attached hydrogen (secondary N) is 1. The summed E-state index contributed by atoms with van der Waals surface area (Å²) in [4.78, 5) is 0. The first-order valence-electron chi connectivity index (χ1n) is 5.32. The molecule has 1 aromatic rings. The third kappa shape index (κ3) is 2.76. The molecule has 5 nitrogen and oxygen atoms in total. The Hall–Kier alpha value is -0.940. The fourth-order valence-corrected chi connectivity index (χ4v) is 1.82. The molecule has 0 radical (unpaired) electrons. The zero-order chi connectivity index (χ0) is 10.7. The molecule has 2 rings (SSSR count). The van der Waals surface area contributed by atoms with Crippen molar-refractivity contribution in [2.45, 2.75) is 38.8 Å². The molecule has 1 N–H and O–H groups in total. The van der Waals surface area contributed by atoms with Gasteiger partial charge in [0, 0.05) is 20.1 Å². The summed E-state index contributed by atoms with van der Waals surface area (Å²) in [5, 5.41) is 11.0. The standard InChI is InChI=1S/C10H17N3O2/c1-8-12-13-9(15-8)6-11-7-10(2)4-3-5-14-10/h11H,3-7H2,1-2H3. The van der Waals surface area contributed by atoms with Crippen LogP contribution >= 0.6 is 0 Å². The lowest BCUT2D eigenvalue weighted by atomic mass is 10.0. The molecule has 15 heavy (non-hydrogen) atoms. The van der Waals surface area contributed by atoms with E-state index in [4.69, 9.17) is 9.15 Å². The molecule has 1 unspecified atom stereocenters. The minimum atomic E-state index is -0.0188. The zero-order valence-electron chi connectivity index (χ0n) is 9.25. The highest BCUT2D eigenvalue weighted by molar-refractivity contribution is 4.84. The van der Waals surface area contributed by atoms with Crippen molar-refractivity contribution in [2.75, 3.05) is 13.2 Å². The van der Waals surface area contributed by atoms with Gasteiger partial charge in [-0.2, -0.15) is 0 Å². The number of nitrogens with zero attached hydrogens (tertiary/aromatic N) is 2. The summed E-state index contributed by atoms with van der Waals surface area (Å²) in [5.74, 6) is 1.24. The van der Waals surface area contributed by atoms with Crippen LogP contribution in [0.15, 0.2) is 4.42 Å². The van der Waals surface area contributed by atoms with E-state index in [1.165, 1.54) is 0 Å². The van der Waals surface area contributed by atoms with Crippen LogP contribution in [0.1, 0.15) is 31.5 Å². The largest absolute Gasteiger partial charge is 0.424 e. The number of ether oxygens (including phenoxy) is 1. The summed E-state index contributed by atoms with van der Waals surface area (Å²) in [7, 11) is 0. The van der Waals surface area contributed by atoms with Crippen LogP contribution in [0, 0.1) is 6.92 Å². The van der Waals surface area contributed by atoms with Gasteiger partial charge in [-0.25, -0.2) is 0 Å². The molecule has 1 atom stereocenters. The van der Waals surface area contributed by atoms with Crippen LogP contribution in [-0.4, -0.2) is 29.0 Å². The van der Waals surface area contributed by atoms with Crippen LogP contribution in [0.5, 0.6) is 0 Å². The van der Waals surface area contributed by atoms with Crippen molar-refractivity contribution in [1.82, 2.24) is 15.5 Å². The molecule has 0 bridgehead atoms. The van der Waals surface area contributed by atoms with Gasteiger partial charge in [-0.1, -0.05) is 0 Å². The predicted octanol–water partition coefficient (Wildman–Crippen LogP) is 1.04. The number of aromatic nitrogens is 2. The predicted molar refractivity (Wildman–Crippen MR) is 54.3 cm³/mol. The summed E-state index contributed by atoms with van der Waals surface area (Å²) in [5.41, 5.74) is -0.0188. The van der Waals surface area contributed by atoms with Gasteiger partial charge in [0.1, 0.15) is 0 Å². The summed E-state index contributed by atoms with van der Waals surface area (Å²) in [6.45, 7) is 6.23. The van der Waals surface area contributed by atoms with Gasteiger partial charge in [0.05, 0.1) is 12.1 Å². The molecule has 0 aliphatic carbocycles. The van der Waals surface area contributed by atoms with E-state index in [9.17, 15) is 0 Å². The van der Waals surface area contributed by atoms with Crippen molar-refractivity contribution in [3.8, 4) is 0 Å². The van der Waals surface area contributed by atoms with Crippen LogP contribution in [0.4, 0.5) is 0 Å². The molecule has 1 saturated heterocycles. The molecule has 0 saturated carbocycles.